The van der Waals surface area contributed by atoms with Crippen molar-refractivity contribution in [2.24, 2.45) is 0 Å². The maximum atomic E-state index is 2.56. The molecule has 0 bridgehead atoms. The van der Waals surface area contributed by atoms with Gasteiger partial charge in [-0.25, -0.2) is 0 Å². The Morgan fingerprint density at radius 3 is 1.16 bits per heavy atom. The Morgan fingerprint density at radius 2 is 0.619 bits per heavy atom. The maximum Gasteiger partial charge on any atom is 0.242 e. The van der Waals surface area contributed by atoms with E-state index in [1.165, 1.54) is 152 Å². The molecule has 6 heterocycles. The minimum Gasteiger partial charge on any atom is -0.0689 e. The highest BCUT2D eigenvalue weighted by molar-refractivity contribution is 7.28. The molecule has 0 N–H and O–H groups in total. The highest BCUT2D eigenvalue weighted by Gasteiger charge is 2.55. The average Bonchev–Trinajstić information content (AvgIpc) is 1.64. The number of benzene rings is 16. The van der Waals surface area contributed by atoms with E-state index in [0.29, 0.717) is 12.6 Å². The van der Waals surface area contributed by atoms with E-state index in [4.69, 9.17) is 0 Å². The first-order valence-electron chi connectivity index (χ1n) is 37.6. The van der Waals surface area contributed by atoms with Crippen LogP contribution in [-0.4, -0.2) is 44.4 Å². The van der Waals surface area contributed by atoms with Crippen LogP contribution in [0.3, 0.4) is 0 Å². The largest absolute Gasteiger partial charge is 0.242 e. The van der Waals surface area contributed by atoms with Gasteiger partial charge in [-0.05, 0) is 125 Å². The lowest BCUT2D eigenvalue weighted by Gasteiger charge is -2.42. The van der Waals surface area contributed by atoms with Crippen molar-refractivity contribution in [3.8, 4) is 55.6 Å². The van der Waals surface area contributed by atoms with Gasteiger partial charge < -0.3 is 0 Å². The summed E-state index contributed by atoms with van der Waals surface area (Å²) in [6.45, 7) is 10.6. The third kappa shape index (κ3) is 9.46. The van der Waals surface area contributed by atoms with Crippen LogP contribution in [0.25, 0.3) is 66.4 Å². The molecular weight excluding hydrogens is 1310 g/mol. The zero-order valence-corrected chi connectivity index (χ0v) is 62.6. The summed E-state index contributed by atoms with van der Waals surface area (Å²) in [4.78, 5) is 0. The molecule has 6 aliphatic rings. The fourth-order valence-electron chi connectivity index (χ4n) is 20.2. The van der Waals surface area contributed by atoms with E-state index in [1.54, 1.807) is 21.0 Å². The predicted octanol–water partition coefficient (Wildman–Crippen LogP) is 10.7. The van der Waals surface area contributed by atoms with Crippen LogP contribution in [-0.2, 0) is 0 Å². The molecule has 6 heteroatoms. The summed E-state index contributed by atoms with van der Waals surface area (Å²) in [6, 6.07) is 142. The Morgan fingerprint density at radius 1 is 0.229 bits per heavy atom. The van der Waals surface area contributed by atoms with Crippen LogP contribution in [0, 0.1) is 0 Å². The van der Waals surface area contributed by atoms with Gasteiger partial charge in [0.25, 0.3) is 0 Å². The molecule has 0 saturated carbocycles. The molecule has 16 aromatic rings. The quantitative estimate of drug-likeness (QED) is 0.140. The molecule has 0 spiro atoms. The molecular formula is C99H75B3Si3. The SMILES string of the molecule is CC(C)c1cc2c3c(c1)[Si](C)(C)c1ccccc1B3c1cc(-c3ccccc3)ccc1-2.c1ccc(-c2cccc3c2-c2cccc4c2B3c2ccccc2[Si]4(c2ccccc2)c2ccccc2)cc1.c1ccc([Si]2(c3ccccc3)c3ccccc3B3c4cc5ccccc5cc4-c4cccc2c43)cc1. The Bertz CT molecular complexity index is 6040. The highest BCUT2D eigenvalue weighted by Crippen LogP contribution is 2.37. The van der Waals surface area contributed by atoms with E-state index < -0.39 is 24.2 Å². The fraction of sp³-hybridized carbons (Fsp3) is 0.0505. The lowest BCUT2D eigenvalue weighted by Crippen LogP contribution is -2.86. The molecule has 0 fully saturated rings. The van der Waals surface area contributed by atoms with Crippen molar-refractivity contribution in [3.63, 3.8) is 0 Å². The van der Waals surface area contributed by atoms with Crippen molar-refractivity contribution in [3.05, 3.63) is 382 Å². The van der Waals surface area contributed by atoms with E-state index in [2.05, 4.69) is 403 Å². The van der Waals surface area contributed by atoms with Crippen molar-refractivity contribution in [2.75, 3.05) is 0 Å². The zero-order valence-electron chi connectivity index (χ0n) is 59.6. The first kappa shape index (κ1) is 63.3. The molecule has 0 aromatic heterocycles. The van der Waals surface area contributed by atoms with Crippen LogP contribution in [0.2, 0.25) is 13.1 Å². The average molecular weight is 1380 g/mol. The van der Waals surface area contributed by atoms with Crippen molar-refractivity contribution >= 4 is 156 Å². The summed E-state index contributed by atoms with van der Waals surface area (Å²) in [5.74, 6) is 0.537. The molecule has 0 aliphatic carbocycles. The van der Waals surface area contributed by atoms with Crippen LogP contribution < -0.4 is 101 Å². The van der Waals surface area contributed by atoms with E-state index in [9.17, 15) is 0 Å². The maximum absolute atomic E-state index is 2.56. The van der Waals surface area contributed by atoms with Crippen LogP contribution in [0.1, 0.15) is 25.3 Å². The second kappa shape index (κ2) is 24.9. The van der Waals surface area contributed by atoms with Crippen molar-refractivity contribution in [1.82, 2.24) is 0 Å². The van der Waals surface area contributed by atoms with E-state index in [0.717, 1.165) is 0 Å². The third-order valence-corrected chi connectivity index (χ3v) is 38.0. The van der Waals surface area contributed by atoms with Crippen molar-refractivity contribution < 1.29 is 0 Å². The summed E-state index contributed by atoms with van der Waals surface area (Å²) in [5.41, 5.74) is 28.7. The van der Waals surface area contributed by atoms with Gasteiger partial charge >= 0.3 is 0 Å². The van der Waals surface area contributed by atoms with E-state index in [1.807, 2.05) is 0 Å². The van der Waals surface area contributed by atoms with Gasteiger partial charge in [-0.1, -0.05) is 457 Å². The van der Waals surface area contributed by atoms with Crippen molar-refractivity contribution in [2.45, 2.75) is 32.9 Å². The Balaban J connectivity index is 0.000000105. The van der Waals surface area contributed by atoms with E-state index in [-0.39, 0.29) is 13.4 Å². The second-order valence-electron chi connectivity index (χ2n) is 30.5. The smallest absolute Gasteiger partial charge is 0.0689 e. The first-order valence-corrected chi connectivity index (χ1v) is 44.6. The lowest BCUT2D eigenvalue weighted by molar-refractivity contribution is 0.868. The van der Waals surface area contributed by atoms with Gasteiger partial charge in [0.15, 0.2) is 16.1 Å². The summed E-state index contributed by atoms with van der Waals surface area (Å²) in [7, 11) is -6.81. The molecule has 0 saturated heterocycles. The molecule has 0 nitrogen and oxygen atoms in total. The molecule has 22 rings (SSSR count). The summed E-state index contributed by atoms with van der Waals surface area (Å²) < 4.78 is 0. The molecule has 0 radical (unpaired) electrons. The topological polar surface area (TPSA) is 0 Å². The minimum atomic E-state index is -2.55. The Kier molecular flexibility index (Phi) is 15.0. The van der Waals surface area contributed by atoms with Gasteiger partial charge in [0, 0.05) is 0 Å². The van der Waals surface area contributed by atoms with Crippen LogP contribution in [0.5, 0.6) is 0 Å². The van der Waals surface area contributed by atoms with Crippen LogP contribution in [0.4, 0.5) is 0 Å². The molecule has 0 amide bonds. The van der Waals surface area contributed by atoms with Gasteiger partial charge in [0.05, 0.1) is 0 Å². The van der Waals surface area contributed by atoms with Crippen LogP contribution in [0.15, 0.2) is 376 Å². The molecule has 6 aliphatic heterocycles. The highest BCUT2D eigenvalue weighted by atomic mass is 28.3. The number of fused-ring (bicyclic) bond motifs is 16. The summed E-state index contributed by atoms with van der Waals surface area (Å²) in [6.07, 6.45) is 0. The first-order chi connectivity index (χ1) is 51.7. The second-order valence-corrected chi connectivity index (χ2v) is 42.2. The predicted molar refractivity (Wildman–Crippen MR) is 462 cm³/mol. The number of hydrogen-bond donors (Lipinski definition) is 0. The van der Waals surface area contributed by atoms with Gasteiger partial charge in [0.1, 0.15) is 8.07 Å². The molecule has 0 atom stereocenters. The van der Waals surface area contributed by atoms with Crippen molar-refractivity contribution in [1.29, 1.82) is 0 Å². The van der Waals surface area contributed by atoms with Gasteiger partial charge in [-0.3, -0.25) is 0 Å². The molecule has 492 valence electrons. The van der Waals surface area contributed by atoms with Gasteiger partial charge in [-0.2, -0.15) is 0 Å². The zero-order chi connectivity index (χ0) is 70.1. The molecule has 16 aromatic carbocycles. The normalized spacial score (nSPS) is 14.4. The lowest BCUT2D eigenvalue weighted by atomic mass is 9.38. The fourth-order valence-corrected chi connectivity index (χ4v) is 34.0. The van der Waals surface area contributed by atoms with E-state index >= 15 is 0 Å². The monoisotopic (exact) mass is 1380 g/mol. The standard InChI is InChI=1S/C36H25BSi.C34H23BSi.C29H27BSi/c1-4-14-26(15-5-1)29-20-12-23-32-35(29)30-21-13-25-34-36(30)37(32)31-22-10-11-24-33(31)38(34,27-16-6-2-7-17-27)28-18-8-3-9-19-28;1-3-14-26(15-4-1)36(27-16-5-2-6-17-27)32-20-10-9-19-30(32)35-31-23-25-13-8-7-12-24(25)22-29(31)28-18-11-21-33(36)34(28)35;1-19(2)22-16-24-23-15-14-21(20-10-6-5-7-11-20)17-26(23)30-25-12-8-9-13-27(25)31(3,4)28(18-22)29(24)30/h1-25H;1-23H;5-19H,1-4H3. The molecule has 105 heavy (non-hydrogen) atoms. The third-order valence-electron chi connectivity index (χ3n) is 24.6. The van der Waals surface area contributed by atoms with Gasteiger partial charge in [-0.15, -0.1) is 0 Å². The molecule has 0 unspecified atom stereocenters. The van der Waals surface area contributed by atoms with Crippen LogP contribution >= 0.6 is 0 Å². The number of hydrogen-bond acceptors (Lipinski definition) is 0. The minimum absolute atomic E-state index is 0.254. The summed E-state index contributed by atoms with van der Waals surface area (Å²) in [5, 5.41) is 17.8. The number of rotatable bonds is 7. The Hall–Kier alpha value is -11.4. The summed E-state index contributed by atoms with van der Waals surface area (Å²) >= 11 is 0. The Labute approximate surface area is 621 Å². The van der Waals surface area contributed by atoms with Gasteiger partial charge in [0.2, 0.25) is 20.1 Å².